The van der Waals surface area contributed by atoms with Crippen LogP contribution < -0.4 is 19.5 Å². The summed E-state index contributed by atoms with van der Waals surface area (Å²) in [5.74, 6) is 1.08. The Morgan fingerprint density at radius 1 is 1.21 bits per heavy atom. The first-order chi connectivity index (χ1) is 13.8. The maximum Gasteiger partial charge on any atom is 0.217 e. The number of carbonyl (C=O) groups excluding carboxylic acids is 1. The first-order valence-corrected chi connectivity index (χ1v) is 9.91. The van der Waals surface area contributed by atoms with Crippen LogP contribution in [0, 0.1) is 0 Å². The highest BCUT2D eigenvalue weighted by molar-refractivity contribution is 9.11. The van der Waals surface area contributed by atoms with Crippen molar-refractivity contribution in [3.05, 3.63) is 45.2 Å². The van der Waals surface area contributed by atoms with Crippen LogP contribution in [-0.2, 0) is 11.2 Å². The van der Waals surface area contributed by atoms with E-state index in [1.165, 1.54) is 14.0 Å². The zero-order valence-electron chi connectivity index (χ0n) is 16.7. The van der Waals surface area contributed by atoms with E-state index in [9.17, 15) is 15.0 Å². The van der Waals surface area contributed by atoms with Crippen molar-refractivity contribution in [1.82, 2.24) is 5.32 Å². The number of fused-ring (bicyclic) bond motifs is 3. The number of aryl methyl sites for hydroxylation is 1. The number of halogens is 1. The fraction of sp³-hybridized carbons (Fsp3) is 0.381. The summed E-state index contributed by atoms with van der Waals surface area (Å²) < 4.78 is 17.1. The average molecular weight is 466 g/mol. The van der Waals surface area contributed by atoms with Crippen molar-refractivity contribution in [3.63, 3.8) is 0 Å². The van der Waals surface area contributed by atoms with Gasteiger partial charge in [0.25, 0.3) is 0 Å². The Kier molecular flexibility index (Phi) is 6.24. The lowest BCUT2D eigenvalue weighted by atomic mass is 9.91. The lowest BCUT2D eigenvalue weighted by molar-refractivity contribution is -0.119. The molecule has 156 valence electrons. The second kappa shape index (κ2) is 8.51. The Morgan fingerprint density at radius 2 is 1.90 bits per heavy atom. The van der Waals surface area contributed by atoms with Gasteiger partial charge in [0.15, 0.2) is 11.5 Å². The van der Waals surface area contributed by atoms with Crippen molar-refractivity contribution < 1.29 is 29.2 Å². The molecule has 0 saturated heterocycles. The number of amides is 1. The van der Waals surface area contributed by atoms with Gasteiger partial charge in [0, 0.05) is 12.5 Å². The molecule has 7 nitrogen and oxygen atoms in total. The van der Waals surface area contributed by atoms with Crippen molar-refractivity contribution in [2.45, 2.75) is 31.9 Å². The van der Waals surface area contributed by atoms with Crippen molar-refractivity contribution in [2.75, 3.05) is 21.3 Å². The van der Waals surface area contributed by atoms with Crippen LogP contribution in [0.2, 0.25) is 0 Å². The summed E-state index contributed by atoms with van der Waals surface area (Å²) >= 11 is 3.34. The van der Waals surface area contributed by atoms with Crippen LogP contribution in [0.5, 0.6) is 17.2 Å². The summed E-state index contributed by atoms with van der Waals surface area (Å²) in [6, 6.07) is 1.54. The van der Waals surface area contributed by atoms with Crippen LogP contribution in [0.3, 0.4) is 0 Å². The first kappa shape index (κ1) is 21.3. The molecule has 0 spiro atoms. The predicted octanol–water partition coefficient (Wildman–Crippen LogP) is 3.01. The van der Waals surface area contributed by atoms with E-state index in [2.05, 4.69) is 21.2 Å². The number of nitrogens with one attached hydrogen (secondary N) is 1. The third-order valence-electron chi connectivity index (χ3n) is 5.08. The minimum Gasteiger partial charge on any atom is -0.508 e. The molecule has 29 heavy (non-hydrogen) atoms. The molecule has 2 aliphatic rings. The van der Waals surface area contributed by atoms with E-state index in [1.54, 1.807) is 26.4 Å². The summed E-state index contributed by atoms with van der Waals surface area (Å²) in [4.78, 5) is 11.8. The number of benzene rings is 1. The van der Waals surface area contributed by atoms with Crippen molar-refractivity contribution in [2.24, 2.45) is 0 Å². The highest BCUT2D eigenvalue weighted by Crippen LogP contribution is 2.49. The van der Waals surface area contributed by atoms with E-state index in [1.807, 2.05) is 6.07 Å². The standard InChI is InChI=1S/C21H24BrNO6/c1-10(24)23-15-6-5-11-7-17(27-2)20(28-3)21(29-4)18(11)13-8-14(22)19(26)16(25)9-12(13)15/h7-9,15-16,25-26H,5-6H2,1-4H3,(H,23,24)/t15-,16-/m0/s1. The van der Waals surface area contributed by atoms with Gasteiger partial charge in [-0.15, -0.1) is 0 Å². The molecule has 1 aromatic rings. The molecule has 2 aliphatic carbocycles. The Hall–Kier alpha value is -2.45. The molecule has 0 saturated carbocycles. The molecule has 3 N–H and O–H groups in total. The second-order valence-corrected chi connectivity index (χ2v) is 7.68. The summed E-state index contributed by atoms with van der Waals surface area (Å²) in [5, 5.41) is 23.7. The van der Waals surface area contributed by atoms with E-state index in [-0.39, 0.29) is 17.7 Å². The van der Waals surface area contributed by atoms with Gasteiger partial charge in [0.1, 0.15) is 11.9 Å². The maximum atomic E-state index is 11.8. The number of hydrogen-bond acceptors (Lipinski definition) is 6. The Balaban J connectivity index is 2.35. The van der Waals surface area contributed by atoms with Gasteiger partial charge in [-0.25, -0.2) is 0 Å². The number of ether oxygens (including phenoxy) is 3. The van der Waals surface area contributed by atoms with Gasteiger partial charge >= 0.3 is 0 Å². The number of allylic oxidation sites excluding steroid dienone is 2. The molecule has 1 amide bonds. The number of carbonyl (C=O) groups is 1. The van der Waals surface area contributed by atoms with Crippen LogP contribution in [0.4, 0.5) is 0 Å². The van der Waals surface area contributed by atoms with Gasteiger partial charge in [-0.05, 0) is 63.7 Å². The quantitative estimate of drug-likeness (QED) is 0.632. The summed E-state index contributed by atoms with van der Waals surface area (Å²) in [6.45, 7) is 1.45. The van der Waals surface area contributed by atoms with Crippen LogP contribution in [0.25, 0.3) is 5.57 Å². The first-order valence-electron chi connectivity index (χ1n) is 9.12. The largest absolute Gasteiger partial charge is 0.508 e. The minimum absolute atomic E-state index is 0.182. The average Bonchev–Trinajstić information content (AvgIpc) is 2.89. The van der Waals surface area contributed by atoms with Crippen LogP contribution in [0.15, 0.2) is 34.0 Å². The Labute approximate surface area is 177 Å². The molecule has 2 atom stereocenters. The number of aliphatic hydroxyl groups excluding tert-OH is 2. The lowest BCUT2D eigenvalue weighted by Crippen LogP contribution is -2.35. The van der Waals surface area contributed by atoms with Gasteiger partial charge in [0.05, 0.1) is 31.9 Å². The summed E-state index contributed by atoms with van der Waals surface area (Å²) in [7, 11) is 4.64. The number of methoxy groups -OCH3 is 3. The topological polar surface area (TPSA) is 97.2 Å². The van der Waals surface area contributed by atoms with E-state index in [0.29, 0.717) is 45.7 Å². The SMILES string of the molecule is COc1cc2c(c(OC)c1OC)C1=CC(Br)=C(O)[C@@H](O)C=C1[C@@H](NC(C)=O)CC2. The fourth-order valence-electron chi connectivity index (χ4n) is 3.83. The molecule has 8 heteroatoms. The number of aliphatic hydroxyl groups is 2. The fourth-order valence-corrected chi connectivity index (χ4v) is 4.30. The van der Waals surface area contributed by atoms with Crippen LogP contribution in [-0.4, -0.2) is 49.6 Å². The van der Waals surface area contributed by atoms with Gasteiger partial charge in [-0.3, -0.25) is 4.79 Å². The monoisotopic (exact) mass is 465 g/mol. The van der Waals surface area contributed by atoms with Gasteiger partial charge in [-0.1, -0.05) is 0 Å². The molecular weight excluding hydrogens is 442 g/mol. The highest BCUT2D eigenvalue weighted by atomic mass is 79.9. The number of rotatable bonds is 4. The van der Waals surface area contributed by atoms with E-state index >= 15 is 0 Å². The zero-order chi connectivity index (χ0) is 21.3. The molecule has 0 aromatic heterocycles. The molecule has 1 aromatic carbocycles. The van der Waals surface area contributed by atoms with E-state index in [4.69, 9.17) is 14.2 Å². The highest BCUT2D eigenvalue weighted by Gasteiger charge is 2.33. The van der Waals surface area contributed by atoms with Crippen molar-refractivity contribution >= 4 is 27.4 Å². The summed E-state index contributed by atoms with van der Waals surface area (Å²) in [5.41, 5.74) is 3.12. The van der Waals surface area contributed by atoms with E-state index < -0.39 is 6.10 Å². The molecule has 0 fully saturated rings. The van der Waals surface area contributed by atoms with E-state index in [0.717, 1.165) is 11.1 Å². The zero-order valence-corrected chi connectivity index (χ0v) is 18.3. The Bertz CT molecular complexity index is 934. The summed E-state index contributed by atoms with van der Waals surface area (Å²) in [6.07, 6.45) is 3.30. The van der Waals surface area contributed by atoms with Crippen molar-refractivity contribution in [1.29, 1.82) is 0 Å². The molecule has 0 aliphatic heterocycles. The maximum absolute atomic E-state index is 11.8. The van der Waals surface area contributed by atoms with Crippen LogP contribution >= 0.6 is 15.9 Å². The van der Waals surface area contributed by atoms with Gasteiger partial charge in [-0.2, -0.15) is 0 Å². The molecule has 0 radical (unpaired) electrons. The molecule has 0 heterocycles. The molecule has 0 bridgehead atoms. The molecule has 3 rings (SSSR count). The smallest absolute Gasteiger partial charge is 0.217 e. The lowest BCUT2D eigenvalue weighted by Gasteiger charge is -2.23. The normalized spacial score (nSPS) is 21.0. The van der Waals surface area contributed by atoms with Crippen LogP contribution in [0.1, 0.15) is 24.5 Å². The van der Waals surface area contributed by atoms with Crippen molar-refractivity contribution in [3.8, 4) is 17.2 Å². The third kappa shape index (κ3) is 3.86. The number of hydrogen-bond donors (Lipinski definition) is 3. The molecular formula is C21H24BrNO6. The molecule has 0 unspecified atom stereocenters. The third-order valence-corrected chi connectivity index (χ3v) is 5.72. The van der Waals surface area contributed by atoms with Gasteiger partial charge < -0.3 is 29.7 Å². The predicted molar refractivity (Wildman–Crippen MR) is 113 cm³/mol. The second-order valence-electron chi connectivity index (χ2n) is 6.83. The minimum atomic E-state index is -1.21. The van der Waals surface area contributed by atoms with Gasteiger partial charge in [0.2, 0.25) is 11.7 Å². The Morgan fingerprint density at radius 3 is 2.48 bits per heavy atom.